The lowest BCUT2D eigenvalue weighted by molar-refractivity contribution is 0.0845. The van der Waals surface area contributed by atoms with E-state index in [0.717, 1.165) is 61.0 Å². The van der Waals surface area contributed by atoms with Crippen LogP contribution in [-0.2, 0) is 55.4 Å². The molecule has 1 unspecified atom stereocenters. The van der Waals surface area contributed by atoms with Gasteiger partial charge in [-0.3, -0.25) is 23.4 Å². The molecule has 1 fully saturated rings. The van der Waals surface area contributed by atoms with Crippen LogP contribution in [0.25, 0.3) is 0 Å². The second kappa shape index (κ2) is 16.0. The summed E-state index contributed by atoms with van der Waals surface area (Å²) in [5, 5.41) is 0. The average molecular weight is 692 g/mol. The molecule has 4 aromatic carbocycles. The van der Waals surface area contributed by atoms with Gasteiger partial charge in [-0.2, -0.15) is 0 Å². The Morgan fingerprint density at radius 3 is 1.85 bits per heavy atom. The van der Waals surface area contributed by atoms with Crippen molar-refractivity contribution in [3.8, 4) is 11.5 Å². The second-order valence-corrected chi connectivity index (χ2v) is 15.3. The first kappa shape index (κ1) is 34.6. The van der Waals surface area contributed by atoms with Gasteiger partial charge in [-0.25, -0.2) is 9.13 Å². The van der Waals surface area contributed by atoms with Gasteiger partial charge in [0.15, 0.2) is 11.5 Å². The molecule has 0 bridgehead atoms. The summed E-state index contributed by atoms with van der Waals surface area (Å²) >= 11 is 0. The molecule has 11 heteroatoms. The van der Waals surface area contributed by atoms with Crippen LogP contribution in [-0.4, -0.2) is 28.9 Å². The van der Waals surface area contributed by atoms with Gasteiger partial charge in [0.1, 0.15) is 0 Å². The maximum Gasteiger partial charge on any atom is 0.530 e. The number of fused-ring (bicyclic) bond motifs is 2. The highest BCUT2D eigenvalue weighted by atomic mass is 31.2. The smallest absolute Gasteiger partial charge is 0.400 e. The molecule has 9 nitrogen and oxygen atoms in total. The summed E-state index contributed by atoms with van der Waals surface area (Å²) in [6.45, 7) is 4.10. The van der Waals surface area contributed by atoms with Gasteiger partial charge in [0.25, 0.3) is 0 Å². The van der Waals surface area contributed by atoms with Crippen LogP contribution >= 0.6 is 15.6 Å². The molecule has 0 spiro atoms. The van der Waals surface area contributed by atoms with E-state index in [0.29, 0.717) is 23.9 Å². The summed E-state index contributed by atoms with van der Waals surface area (Å²) in [5.74, 6) is 0.361. The molecule has 0 aromatic heterocycles. The minimum Gasteiger partial charge on any atom is -0.400 e. The number of phosphoric ester groups is 2. The molecule has 0 amide bonds. The molecule has 6 rings (SSSR count). The number of piperidine rings is 1. The molecule has 1 aliphatic carbocycles. The van der Waals surface area contributed by atoms with E-state index >= 15 is 0 Å². The van der Waals surface area contributed by atoms with Crippen molar-refractivity contribution in [2.45, 2.75) is 64.9 Å². The Balaban J connectivity index is 1.34. The monoisotopic (exact) mass is 691 g/mol. The first-order valence-corrected chi connectivity index (χ1v) is 19.5. The molecule has 254 valence electrons. The van der Waals surface area contributed by atoms with Gasteiger partial charge >= 0.3 is 15.6 Å². The molecule has 1 heterocycles. The van der Waals surface area contributed by atoms with Crippen molar-refractivity contribution in [2.24, 2.45) is 5.92 Å². The van der Waals surface area contributed by atoms with Gasteiger partial charge in [0.05, 0.1) is 19.8 Å². The Morgan fingerprint density at radius 2 is 1.29 bits per heavy atom. The van der Waals surface area contributed by atoms with E-state index < -0.39 is 15.6 Å². The molecule has 0 radical (unpaired) electrons. The van der Waals surface area contributed by atoms with Crippen LogP contribution in [0, 0.1) is 5.92 Å². The predicted octanol–water partition coefficient (Wildman–Crippen LogP) is 8.89. The molecular formula is C37H43NO8P2. The van der Waals surface area contributed by atoms with Crippen molar-refractivity contribution < 1.29 is 36.6 Å². The summed E-state index contributed by atoms with van der Waals surface area (Å²) in [6.07, 6.45) is 4.61. The Hall–Kier alpha value is -3.26. The highest BCUT2D eigenvalue weighted by Gasteiger charge is 2.40. The van der Waals surface area contributed by atoms with Gasteiger partial charge in [-0.1, -0.05) is 104 Å². The van der Waals surface area contributed by atoms with Crippen LogP contribution in [0.15, 0.2) is 103 Å². The SMILES string of the molecule is CCCN1CCC[C@@H]2Cc3c(ccc(OP(=O)(O)OCc4ccccc4)c3OP(=O)(OCc3ccccc3)OCc3ccccc3)C[C@H]21. The first-order chi connectivity index (χ1) is 23.3. The van der Waals surface area contributed by atoms with Gasteiger partial charge in [-0.15, -0.1) is 0 Å². The molecule has 1 saturated heterocycles. The number of hydrogen-bond donors (Lipinski definition) is 1. The van der Waals surface area contributed by atoms with E-state index in [9.17, 15) is 14.0 Å². The second-order valence-electron chi connectivity index (χ2n) is 12.3. The number of hydrogen-bond acceptors (Lipinski definition) is 8. The summed E-state index contributed by atoms with van der Waals surface area (Å²) in [4.78, 5) is 13.4. The van der Waals surface area contributed by atoms with Crippen molar-refractivity contribution in [3.63, 3.8) is 0 Å². The van der Waals surface area contributed by atoms with E-state index in [4.69, 9.17) is 22.6 Å². The molecule has 0 saturated carbocycles. The lowest BCUT2D eigenvalue weighted by Gasteiger charge is -2.45. The number of benzene rings is 4. The highest BCUT2D eigenvalue weighted by molar-refractivity contribution is 7.49. The zero-order valence-electron chi connectivity index (χ0n) is 27.2. The number of nitrogens with zero attached hydrogens (tertiary/aromatic N) is 1. The Labute approximate surface area is 283 Å². The molecule has 3 atom stereocenters. The average Bonchev–Trinajstić information content (AvgIpc) is 3.11. The van der Waals surface area contributed by atoms with Crippen LogP contribution in [0.5, 0.6) is 11.5 Å². The number of phosphoric acid groups is 2. The maximum atomic E-state index is 14.6. The standard InChI is InChI=1S/C37H43NO8P2/c1-2-22-38-23-12-19-33-24-34-32(25-35(33)38)20-21-36(45-47(39,40)42-26-29-13-6-3-7-14-29)37(34)46-48(41,43-27-30-15-8-4-9-16-30)44-28-31-17-10-5-11-18-31/h3-11,13-18,20-21,33,35H,2,12,19,22-28H2,1H3,(H,39,40)/t33-,35-/m1/s1. The lowest BCUT2D eigenvalue weighted by atomic mass is 9.75. The molecular weight excluding hydrogens is 648 g/mol. The maximum absolute atomic E-state index is 14.6. The van der Waals surface area contributed by atoms with E-state index in [1.54, 1.807) is 18.2 Å². The van der Waals surface area contributed by atoms with Crippen LogP contribution < -0.4 is 9.05 Å². The van der Waals surface area contributed by atoms with E-state index in [1.807, 2.05) is 84.9 Å². The minimum atomic E-state index is -4.64. The number of likely N-dealkylation sites (tertiary alicyclic amines) is 1. The fourth-order valence-corrected chi connectivity index (χ4v) is 8.55. The summed E-state index contributed by atoms with van der Waals surface area (Å²) < 4.78 is 57.2. The fourth-order valence-electron chi connectivity index (χ4n) is 6.57. The van der Waals surface area contributed by atoms with Crippen LogP contribution in [0.2, 0.25) is 0 Å². The van der Waals surface area contributed by atoms with Gasteiger partial charge < -0.3 is 9.05 Å². The van der Waals surface area contributed by atoms with Crippen molar-refractivity contribution in [1.29, 1.82) is 0 Å². The summed E-state index contributed by atoms with van der Waals surface area (Å²) in [6, 6.07) is 31.6. The Bertz CT molecular complexity index is 1670. The normalized spacial score (nSPS) is 19.1. The van der Waals surface area contributed by atoms with Crippen LogP contribution in [0.4, 0.5) is 0 Å². The number of rotatable bonds is 15. The van der Waals surface area contributed by atoms with Crippen molar-refractivity contribution in [2.75, 3.05) is 13.1 Å². The minimum absolute atomic E-state index is 0.0342. The lowest BCUT2D eigenvalue weighted by Crippen LogP contribution is -2.49. The van der Waals surface area contributed by atoms with Crippen LogP contribution in [0.3, 0.4) is 0 Å². The van der Waals surface area contributed by atoms with Crippen molar-refractivity contribution in [3.05, 3.63) is 131 Å². The van der Waals surface area contributed by atoms with Gasteiger partial charge in [0.2, 0.25) is 0 Å². The molecule has 48 heavy (non-hydrogen) atoms. The fraction of sp³-hybridized carbons (Fsp3) is 0.351. The molecule has 1 aliphatic heterocycles. The molecule has 2 aliphatic rings. The third-order valence-corrected chi connectivity index (χ3v) is 11.1. The van der Waals surface area contributed by atoms with Crippen molar-refractivity contribution in [1.82, 2.24) is 4.90 Å². The van der Waals surface area contributed by atoms with Gasteiger partial charge in [0, 0.05) is 11.6 Å². The van der Waals surface area contributed by atoms with Crippen LogP contribution in [0.1, 0.15) is 54.0 Å². The Kier molecular flexibility index (Phi) is 11.5. The van der Waals surface area contributed by atoms with E-state index in [1.165, 1.54) is 0 Å². The van der Waals surface area contributed by atoms with E-state index in [2.05, 4.69) is 11.8 Å². The zero-order chi connectivity index (χ0) is 33.4. The first-order valence-electron chi connectivity index (χ1n) is 16.6. The molecule has 4 aromatic rings. The van der Waals surface area contributed by atoms with Gasteiger partial charge in [-0.05, 0) is 79.4 Å². The zero-order valence-corrected chi connectivity index (χ0v) is 29.0. The quantitative estimate of drug-likeness (QED) is 0.122. The molecule has 1 N–H and O–H groups in total. The highest BCUT2D eigenvalue weighted by Crippen LogP contribution is 2.57. The van der Waals surface area contributed by atoms with Crippen molar-refractivity contribution >= 4 is 15.6 Å². The Morgan fingerprint density at radius 1 is 0.729 bits per heavy atom. The topological polar surface area (TPSA) is 104 Å². The van der Waals surface area contributed by atoms with E-state index in [-0.39, 0.29) is 31.3 Å². The third-order valence-electron chi connectivity index (χ3n) is 8.88. The summed E-state index contributed by atoms with van der Waals surface area (Å²) in [5.41, 5.74) is 4.07. The predicted molar refractivity (Wildman–Crippen MR) is 185 cm³/mol. The third kappa shape index (κ3) is 9.04. The summed E-state index contributed by atoms with van der Waals surface area (Å²) in [7, 11) is -8.98. The largest absolute Gasteiger partial charge is 0.530 e.